The van der Waals surface area contributed by atoms with Crippen LogP contribution in [0.2, 0.25) is 0 Å². The van der Waals surface area contributed by atoms with E-state index in [2.05, 4.69) is 15.5 Å². The Labute approximate surface area is 99.4 Å². The van der Waals surface area contributed by atoms with E-state index in [1.54, 1.807) is 13.8 Å². The Morgan fingerprint density at radius 2 is 2.41 bits per heavy atom. The number of H-pyrrole nitrogens is 1. The Morgan fingerprint density at radius 1 is 1.65 bits per heavy atom. The molecular weight excluding hydrogens is 222 g/mol. The van der Waals surface area contributed by atoms with E-state index in [1.807, 2.05) is 0 Å². The van der Waals surface area contributed by atoms with Crippen molar-refractivity contribution in [3.05, 3.63) is 17.0 Å². The van der Waals surface area contributed by atoms with E-state index in [-0.39, 0.29) is 12.5 Å². The highest BCUT2D eigenvalue weighted by atomic mass is 16.5. The molecule has 0 atom stereocenters. The first-order chi connectivity index (χ1) is 8.03. The second-order valence-corrected chi connectivity index (χ2v) is 4.83. The summed E-state index contributed by atoms with van der Waals surface area (Å²) < 4.78 is 5.31. The lowest BCUT2D eigenvalue weighted by Gasteiger charge is -2.23. The van der Waals surface area contributed by atoms with Gasteiger partial charge in [0.25, 0.3) is 5.91 Å². The number of amides is 1. The van der Waals surface area contributed by atoms with Crippen molar-refractivity contribution in [2.24, 2.45) is 0 Å². The fraction of sp³-hybridized carbons (Fsp3) is 0.636. The molecule has 1 amide bonds. The van der Waals surface area contributed by atoms with Crippen LogP contribution in [0.25, 0.3) is 0 Å². The number of aromatic amines is 1. The summed E-state index contributed by atoms with van der Waals surface area (Å²) in [7, 11) is 0. The molecule has 0 saturated heterocycles. The second kappa shape index (κ2) is 4.46. The first kappa shape index (κ1) is 12.1. The van der Waals surface area contributed by atoms with Crippen LogP contribution >= 0.6 is 0 Å². The molecular formula is C11H17N3O3. The molecule has 0 saturated carbocycles. The maximum absolute atomic E-state index is 12.0. The Kier molecular flexibility index (Phi) is 3.17. The molecule has 0 aliphatic carbocycles. The summed E-state index contributed by atoms with van der Waals surface area (Å²) in [5, 5.41) is 18.7. The highest BCUT2D eigenvalue weighted by Gasteiger charge is 2.26. The number of nitrogens with one attached hydrogen (secondary N) is 2. The first-order valence-corrected chi connectivity index (χ1v) is 5.61. The third-order valence-corrected chi connectivity index (χ3v) is 2.76. The van der Waals surface area contributed by atoms with Crippen molar-refractivity contribution in [2.75, 3.05) is 13.2 Å². The van der Waals surface area contributed by atoms with Crippen LogP contribution < -0.4 is 5.32 Å². The number of fused-ring (bicyclic) bond motifs is 1. The van der Waals surface area contributed by atoms with E-state index in [0.717, 1.165) is 17.7 Å². The maximum atomic E-state index is 12.0. The summed E-state index contributed by atoms with van der Waals surface area (Å²) in [4.78, 5) is 12.0. The molecule has 0 bridgehead atoms. The smallest absolute Gasteiger partial charge is 0.272 e. The number of nitrogens with zero attached hydrogens (tertiary/aromatic N) is 1. The van der Waals surface area contributed by atoms with Gasteiger partial charge in [0.15, 0.2) is 5.69 Å². The quantitative estimate of drug-likeness (QED) is 0.692. The average Bonchev–Trinajstić information content (AvgIpc) is 2.72. The number of hydrogen-bond acceptors (Lipinski definition) is 4. The normalized spacial score (nSPS) is 15.5. The minimum Gasteiger partial charge on any atom is -0.394 e. The summed E-state index contributed by atoms with van der Waals surface area (Å²) >= 11 is 0. The molecule has 0 fully saturated rings. The molecule has 0 aromatic carbocycles. The van der Waals surface area contributed by atoms with E-state index >= 15 is 0 Å². The van der Waals surface area contributed by atoms with Gasteiger partial charge in [0.2, 0.25) is 0 Å². The minimum atomic E-state index is -0.654. The molecule has 6 heteroatoms. The van der Waals surface area contributed by atoms with Gasteiger partial charge in [0.05, 0.1) is 25.4 Å². The van der Waals surface area contributed by atoms with E-state index < -0.39 is 5.54 Å². The number of aliphatic hydroxyl groups is 1. The molecule has 1 aromatic heterocycles. The van der Waals surface area contributed by atoms with Gasteiger partial charge in [-0.3, -0.25) is 9.89 Å². The molecule has 2 heterocycles. The lowest BCUT2D eigenvalue weighted by atomic mass is 10.1. The zero-order valence-electron chi connectivity index (χ0n) is 10.0. The summed E-state index contributed by atoms with van der Waals surface area (Å²) in [5.74, 6) is -0.285. The third kappa shape index (κ3) is 2.48. The van der Waals surface area contributed by atoms with Crippen LogP contribution in [-0.4, -0.2) is 40.0 Å². The molecule has 0 spiro atoms. The number of carbonyl (C=O) groups is 1. The topological polar surface area (TPSA) is 87.2 Å². The Morgan fingerprint density at radius 3 is 3.12 bits per heavy atom. The van der Waals surface area contributed by atoms with Gasteiger partial charge >= 0.3 is 0 Å². The largest absolute Gasteiger partial charge is 0.394 e. The van der Waals surface area contributed by atoms with Crippen LogP contribution in [0, 0.1) is 0 Å². The van der Waals surface area contributed by atoms with Gasteiger partial charge in [0, 0.05) is 17.7 Å². The lowest BCUT2D eigenvalue weighted by molar-refractivity contribution is 0.0847. The number of aromatic nitrogens is 2. The van der Waals surface area contributed by atoms with E-state index in [4.69, 9.17) is 9.84 Å². The molecule has 0 unspecified atom stereocenters. The highest BCUT2D eigenvalue weighted by molar-refractivity contribution is 5.94. The predicted octanol–water partition coefficient (Wildman–Crippen LogP) is -0.0169. The van der Waals surface area contributed by atoms with E-state index in [1.165, 1.54) is 0 Å². The summed E-state index contributed by atoms with van der Waals surface area (Å²) in [6, 6.07) is 0. The van der Waals surface area contributed by atoms with Crippen molar-refractivity contribution in [3.8, 4) is 0 Å². The van der Waals surface area contributed by atoms with Gasteiger partial charge in [-0.05, 0) is 13.8 Å². The molecule has 1 aliphatic heterocycles. The molecule has 3 N–H and O–H groups in total. The zero-order valence-corrected chi connectivity index (χ0v) is 10.0. The standard InChI is InChI=1S/C11H17N3O3/c1-11(2,6-15)12-10(16)9-7-5-17-4-3-8(7)13-14-9/h15H,3-6H2,1-2H3,(H,12,16)(H,13,14). The number of rotatable bonds is 3. The van der Waals surface area contributed by atoms with Gasteiger partial charge < -0.3 is 15.2 Å². The molecule has 6 nitrogen and oxygen atoms in total. The Bertz CT molecular complexity index is 426. The van der Waals surface area contributed by atoms with Crippen molar-refractivity contribution < 1.29 is 14.6 Å². The number of aliphatic hydroxyl groups excluding tert-OH is 1. The van der Waals surface area contributed by atoms with Gasteiger partial charge in [0.1, 0.15) is 0 Å². The van der Waals surface area contributed by atoms with Gasteiger partial charge in [-0.1, -0.05) is 0 Å². The number of carbonyl (C=O) groups excluding carboxylic acids is 1. The van der Waals surface area contributed by atoms with E-state index in [9.17, 15) is 4.79 Å². The first-order valence-electron chi connectivity index (χ1n) is 5.61. The number of ether oxygens (including phenoxy) is 1. The molecule has 1 aromatic rings. The van der Waals surface area contributed by atoms with Crippen LogP contribution in [0.3, 0.4) is 0 Å². The van der Waals surface area contributed by atoms with Crippen molar-refractivity contribution in [1.29, 1.82) is 0 Å². The maximum Gasteiger partial charge on any atom is 0.272 e. The van der Waals surface area contributed by atoms with Crippen LogP contribution in [0.5, 0.6) is 0 Å². The fourth-order valence-corrected chi connectivity index (χ4v) is 1.71. The minimum absolute atomic E-state index is 0.123. The highest BCUT2D eigenvalue weighted by Crippen LogP contribution is 2.18. The van der Waals surface area contributed by atoms with Crippen LogP contribution in [-0.2, 0) is 17.8 Å². The zero-order chi connectivity index (χ0) is 12.5. The fourth-order valence-electron chi connectivity index (χ4n) is 1.71. The van der Waals surface area contributed by atoms with Crippen LogP contribution in [0.4, 0.5) is 0 Å². The number of hydrogen-bond donors (Lipinski definition) is 3. The molecule has 1 aliphatic rings. The Balaban J connectivity index is 2.17. The monoisotopic (exact) mass is 239 g/mol. The summed E-state index contributed by atoms with van der Waals surface area (Å²) in [5.41, 5.74) is 1.49. The van der Waals surface area contributed by atoms with Gasteiger partial charge in [-0.25, -0.2) is 0 Å². The van der Waals surface area contributed by atoms with Crippen LogP contribution in [0.1, 0.15) is 35.6 Å². The Hall–Kier alpha value is -1.40. The molecule has 17 heavy (non-hydrogen) atoms. The van der Waals surface area contributed by atoms with Gasteiger partial charge in [-0.15, -0.1) is 0 Å². The van der Waals surface area contributed by atoms with Crippen molar-refractivity contribution in [1.82, 2.24) is 15.5 Å². The lowest BCUT2D eigenvalue weighted by Crippen LogP contribution is -2.46. The molecule has 0 radical (unpaired) electrons. The van der Waals surface area contributed by atoms with E-state index in [0.29, 0.717) is 18.9 Å². The second-order valence-electron chi connectivity index (χ2n) is 4.83. The van der Waals surface area contributed by atoms with Crippen molar-refractivity contribution >= 4 is 5.91 Å². The summed E-state index contributed by atoms with van der Waals surface area (Å²) in [6.45, 7) is 4.44. The molecule has 94 valence electrons. The predicted molar refractivity (Wildman–Crippen MR) is 60.6 cm³/mol. The van der Waals surface area contributed by atoms with Crippen LogP contribution in [0.15, 0.2) is 0 Å². The van der Waals surface area contributed by atoms with Crippen molar-refractivity contribution in [2.45, 2.75) is 32.4 Å². The molecule has 2 rings (SSSR count). The van der Waals surface area contributed by atoms with Gasteiger partial charge in [-0.2, -0.15) is 5.10 Å². The SMILES string of the molecule is CC(C)(CO)NC(=O)c1n[nH]c2c1COCC2. The summed E-state index contributed by atoms with van der Waals surface area (Å²) in [6.07, 6.45) is 0.749. The third-order valence-electron chi connectivity index (χ3n) is 2.76. The van der Waals surface area contributed by atoms with Crippen molar-refractivity contribution in [3.63, 3.8) is 0 Å². The average molecular weight is 239 g/mol.